The minimum atomic E-state index is -0.692. The van der Waals surface area contributed by atoms with Crippen LogP contribution in [0.3, 0.4) is 0 Å². The maximum absolute atomic E-state index is 9.50. The molecule has 1 fully saturated rings. The molecule has 0 aliphatic carbocycles. The van der Waals surface area contributed by atoms with Crippen LogP contribution in [0.25, 0.3) is 0 Å². The molecule has 0 bridgehead atoms. The average Bonchev–Trinajstić information content (AvgIpc) is 2.58. The van der Waals surface area contributed by atoms with E-state index in [1.165, 1.54) is 0 Å². The predicted molar refractivity (Wildman–Crippen MR) is 66.4 cm³/mol. The van der Waals surface area contributed by atoms with E-state index in [-0.39, 0.29) is 5.84 Å². The summed E-state index contributed by atoms with van der Waals surface area (Å²) in [4.78, 5) is 1.92. The number of amidine groups is 1. The van der Waals surface area contributed by atoms with Crippen LogP contribution in [-0.2, 0) is 0 Å². The van der Waals surface area contributed by atoms with Crippen molar-refractivity contribution >= 4 is 11.5 Å². The third-order valence-corrected chi connectivity index (χ3v) is 3.12. The molecule has 17 heavy (non-hydrogen) atoms. The zero-order valence-corrected chi connectivity index (χ0v) is 9.72. The number of nitrogens with two attached hydrogens (primary N) is 1. The Labute approximate surface area is 100.0 Å². The number of β-amino-alcohol motifs (C(OH)–C–C–N with tert-alkyl or cyclic N) is 2. The summed E-state index contributed by atoms with van der Waals surface area (Å²) in [5.41, 5.74) is 8.02. The Balaban J connectivity index is 2.24. The second-order valence-electron chi connectivity index (χ2n) is 4.45. The fraction of sp³-hybridized carbons (Fsp3) is 0.417. The lowest BCUT2D eigenvalue weighted by Crippen LogP contribution is -2.22. The molecule has 2 atom stereocenters. The minimum Gasteiger partial charge on any atom is -0.389 e. The second kappa shape index (κ2) is 4.35. The maximum Gasteiger partial charge on any atom is 0.123 e. The van der Waals surface area contributed by atoms with Gasteiger partial charge < -0.3 is 20.8 Å². The van der Waals surface area contributed by atoms with E-state index in [2.05, 4.69) is 0 Å². The van der Waals surface area contributed by atoms with Gasteiger partial charge in [-0.05, 0) is 30.7 Å². The number of aliphatic hydroxyl groups excluding tert-OH is 2. The largest absolute Gasteiger partial charge is 0.389 e. The Bertz CT molecular complexity index is 437. The molecule has 0 radical (unpaired) electrons. The molecule has 0 amide bonds. The molecule has 2 rings (SSSR count). The first-order valence-corrected chi connectivity index (χ1v) is 5.55. The molecule has 5 N–H and O–H groups in total. The van der Waals surface area contributed by atoms with Crippen LogP contribution in [0.5, 0.6) is 0 Å². The van der Waals surface area contributed by atoms with Gasteiger partial charge in [0.05, 0.1) is 12.2 Å². The summed E-state index contributed by atoms with van der Waals surface area (Å²) in [5, 5.41) is 26.4. The van der Waals surface area contributed by atoms with E-state index in [1.54, 1.807) is 6.07 Å². The molecular formula is C12H17N3O2. The van der Waals surface area contributed by atoms with Crippen molar-refractivity contribution in [3.63, 3.8) is 0 Å². The average molecular weight is 235 g/mol. The van der Waals surface area contributed by atoms with Gasteiger partial charge in [-0.15, -0.1) is 0 Å². The number of benzene rings is 1. The van der Waals surface area contributed by atoms with E-state index in [0.29, 0.717) is 18.7 Å². The molecule has 1 aromatic carbocycles. The van der Waals surface area contributed by atoms with Crippen LogP contribution in [0.4, 0.5) is 5.69 Å². The smallest absolute Gasteiger partial charge is 0.123 e. The molecule has 92 valence electrons. The van der Waals surface area contributed by atoms with Gasteiger partial charge in [-0.3, -0.25) is 5.41 Å². The van der Waals surface area contributed by atoms with Gasteiger partial charge in [-0.25, -0.2) is 0 Å². The Hall–Kier alpha value is -1.59. The van der Waals surface area contributed by atoms with E-state index >= 15 is 0 Å². The van der Waals surface area contributed by atoms with E-state index in [4.69, 9.17) is 11.1 Å². The molecule has 0 spiro atoms. The standard InChI is InChI=1S/C12H17N3O2/c1-7-4-8(2-3-9(7)12(13)14)15-5-10(16)11(17)6-15/h2-4,10-11,16-17H,5-6H2,1H3,(H3,13,14). The highest BCUT2D eigenvalue weighted by atomic mass is 16.3. The number of aryl methyl sites for hydroxylation is 1. The molecule has 0 saturated carbocycles. The summed E-state index contributed by atoms with van der Waals surface area (Å²) >= 11 is 0. The van der Waals surface area contributed by atoms with E-state index in [0.717, 1.165) is 11.3 Å². The second-order valence-corrected chi connectivity index (χ2v) is 4.45. The number of rotatable bonds is 2. The molecule has 1 aliphatic rings. The molecule has 1 aliphatic heterocycles. The highest BCUT2D eigenvalue weighted by Gasteiger charge is 2.29. The van der Waals surface area contributed by atoms with Gasteiger partial charge in [0.15, 0.2) is 0 Å². The summed E-state index contributed by atoms with van der Waals surface area (Å²) < 4.78 is 0. The van der Waals surface area contributed by atoms with Gasteiger partial charge in [0.25, 0.3) is 0 Å². The van der Waals surface area contributed by atoms with E-state index < -0.39 is 12.2 Å². The number of hydrogen-bond donors (Lipinski definition) is 4. The van der Waals surface area contributed by atoms with Crippen LogP contribution in [0, 0.1) is 12.3 Å². The van der Waals surface area contributed by atoms with Crippen LogP contribution in [0.1, 0.15) is 11.1 Å². The van der Waals surface area contributed by atoms with Crippen molar-refractivity contribution in [1.29, 1.82) is 5.41 Å². The van der Waals surface area contributed by atoms with Crippen molar-refractivity contribution in [2.75, 3.05) is 18.0 Å². The van der Waals surface area contributed by atoms with Crippen LogP contribution in [-0.4, -0.2) is 41.3 Å². The van der Waals surface area contributed by atoms with Gasteiger partial charge >= 0.3 is 0 Å². The van der Waals surface area contributed by atoms with Crippen molar-refractivity contribution in [3.05, 3.63) is 29.3 Å². The number of nitrogens with zero attached hydrogens (tertiary/aromatic N) is 1. The molecule has 2 unspecified atom stereocenters. The Kier molecular flexibility index (Phi) is 3.04. The molecule has 5 nitrogen and oxygen atoms in total. The zero-order valence-electron chi connectivity index (χ0n) is 9.72. The molecule has 5 heteroatoms. The summed E-state index contributed by atoms with van der Waals surface area (Å²) in [5.74, 6) is 0.0514. The number of anilines is 1. The third kappa shape index (κ3) is 2.25. The molecule has 1 aromatic rings. The fourth-order valence-corrected chi connectivity index (χ4v) is 2.13. The van der Waals surface area contributed by atoms with Gasteiger partial charge in [-0.1, -0.05) is 0 Å². The van der Waals surface area contributed by atoms with Crippen molar-refractivity contribution in [2.45, 2.75) is 19.1 Å². The molecule has 1 heterocycles. The summed E-state index contributed by atoms with van der Waals surface area (Å²) in [7, 11) is 0. The first kappa shape index (κ1) is 11.9. The Morgan fingerprint density at radius 2 is 1.94 bits per heavy atom. The van der Waals surface area contributed by atoms with Crippen LogP contribution in [0.2, 0.25) is 0 Å². The molecule has 0 aromatic heterocycles. The number of aliphatic hydroxyl groups is 2. The quantitative estimate of drug-likeness (QED) is 0.422. The van der Waals surface area contributed by atoms with E-state index in [9.17, 15) is 10.2 Å². The first-order valence-electron chi connectivity index (χ1n) is 5.55. The lowest BCUT2D eigenvalue weighted by Gasteiger charge is -2.19. The van der Waals surface area contributed by atoms with Gasteiger partial charge in [0, 0.05) is 24.3 Å². The zero-order chi connectivity index (χ0) is 12.6. The SMILES string of the molecule is Cc1cc(N2CC(O)C(O)C2)ccc1C(=N)N. The topological polar surface area (TPSA) is 93.6 Å². The van der Waals surface area contributed by atoms with Gasteiger partial charge in [0.1, 0.15) is 5.84 Å². The molecule has 1 saturated heterocycles. The Morgan fingerprint density at radius 3 is 2.41 bits per heavy atom. The van der Waals surface area contributed by atoms with Crippen molar-refractivity contribution in [2.24, 2.45) is 5.73 Å². The van der Waals surface area contributed by atoms with Crippen molar-refractivity contribution < 1.29 is 10.2 Å². The van der Waals surface area contributed by atoms with Crippen LogP contribution < -0.4 is 10.6 Å². The number of nitrogen functional groups attached to an aromatic ring is 1. The van der Waals surface area contributed by atoms with E-state index in [1.807, 2.05) is 24.0 Å². The lowest BCUT2D eigenvalue weighted by molar-refractivity contribution is 0.0572. The summed E-state index contributed by atoms with van der Waals surface area (Å²) in [6.45, 7) is 2.75. The lowest BCUT2D eigenvalue weighted by atomic mass is 10.1. The number of hydrogen-bond acceptors (Lipinski definition) is 4. The molecular weight excluding hydrogens is 218 g/mol. The predicted octanol–water partition coefficient (Wildman–Crippen LogP) is -0.179. The highest BCUT2D eigenvalue weighted by Crippen LogP contribution is 2.23. The highest BCUT2D eigenvalue weighted by molar-refractivity contribution is 5.96. The summed E-state index contributed by atoms with van der Waals surface area (Å²) in [6, 6.07) is 5.57. The first-order chi connectivity index (χ1) is 7.99. The maximum atomic E-state index is 9.50. The van der Waals surface area contributed by atoms with Gasteiger partial charge in [0.2, 0.25) is 0 Å². The monoisotopic (exact) mass is 235 g/mol. The van der Waals surface area contributed by atoms with Crippen LogP contribution >= 0.6 is 0 Å². The summed E-state index contributed by atoms with van der Waals surface area (Å²) in [6.07, 6.45) is -1.38. The Morgan fingerprint density at radius 1 is 1.35 bits per heavy atom. The van der Waals surface area contributed by atoms with Gasteiger partial charge in [-0.2, -0.15) is 0 Å². The number of nitrogens with one attached hydrogen (secondary N) is 1. The third-order valence-electron chi connectivity index (χ3n) is 3.12. The van der Waals surface area contributed by atoms with Crippen molar-refractivity contribution in [3.8, 4) is 0 Å². The van der Waals surface area contributed by atoms with Crippen molar-refractivity contribution in [1.82, 2.24) is 0 Å². The normalized spacial score (nSPS) is 24.1. The fourth-order valence-electron chi connectivity index (χ4n) is 2.13. The van der Waals surface area contributed by atoms with Crippen LogP contribution in [0.15, 0.2) is 18.2 Å². The minimum absolute atomic E-state index is 0.0514.